The van der Waals surface area contributed by atoms with Crippen molar-refractivity contribution < 1.29 is 13.2 Å². The van der Waals surface area contributed by atoms with Gasteiger partial charge in [-0.25, -0.2) is 13.1 Å². The highest BCUT2D eigenvalue weighted by Gasteiger charge is 2.26. The van der Waals surface area contributed by atoms with Crippen molar-refractivity contribution in [3.05, 3.63) is 53.6 Å². The minimum Gasteiger partial charge on any atom is -0.497 e. The molecule has 2 aromatic rings. The van der Waals surface area contributed by atoms with Crippen LogP contribution in [0.5, 0.6) is 5.75 Å². The van der Waals surface area contributed by atoms with E-state index in [1.165, 1.54) is 18.4 Å². The molecule has 162 valence electrons. The molecule has 1 N–H and O–H groups in total. The van der Waals surface area contributed by atoms with Crippen molar-refractivity contribution >= 4 is 15.7 Å². The van der Waals surface area contributed by atoms with Gasteiger partial charge in [-0.3, -0.25) is 0 Å². The highest BCUT2D eigenvalue weighted by atomic mass is 32.2. The number of nitrogens with one attached hydrogen (secondary N) is 1. The third kappa shape index (κ3) is 4.63. The maximum absolute atomic E-state index is 13.3. The van der Waals surface area contributed by atoms with Crippen LogP contribution in [0.3, 0.4) is 0 Å². The second-order valence-electron chi connectivity index (χ2n) is 8.27. The predicted octanol–water partition coefficient (Wildman–Crippen LogP) is 3.19. The first kappa shape index (κ1) is 21.2. The normalized spacial score (nSPS) is 18.3. The number of fused-ring (bicyclic) bond motifs is 1. The summed E-state index contributed by atoms with van der Waals surface area (Å²) in [6.07, 6.45) is 4.43. The molecule has 30 heavy (non-hydrogen) atoms. The fourth-order valence-electron chi connectivity index (χ4n) is 4.43. The maximum atomic E-state index is 13.3. The quantitative estimate of drug-likeness (QED) is 0.732. The van der Waals surface area contributed by atoms with Gasteiger partial charge in [0.1, 0.15) is 5.75 Å². The topological polar surface area (TPSA) is 61.9 Å². The molecule has 0 unspecified atom stereocenters. The van der Waals surface area contributed by atoms with Crippen LogP contribution in [0.15, 0.2) is 47.4 Å². The predicted molar refractivity (Wildman–Crippen MR) is 120 cm³/mol. The van der Waals surface area contributed by atoms with Gasteiger partial charge in [0.2, 0.25) is 10.0 Å². The van der Waals surface area contributed by atoms with Crippen molar-refractivity contribution in [3.63, 3.8) is 0 Å². The molecule has 0 spiro atoms. The molecular formula is C23H31N3O3S. The number of methoxy groups -OCH3 is 1. The van der Waals surface area contributed by atoms with Crippen LogP contribution >= 0.6 is 0 Å². The number of ether oxygens (including phenoxy) is 1. The van der Waals surface area contributed by atoms with Crippen LogP contribution in [0.4, 0.5) is 5.69 Å². The fraction of sp³-hybridized carbons (Fsp3) is 0.478. The molecule has 2 aliphatic rings. The van der Waals surface area contributed by atoms with E-state index in [-0.39, 0.29) is 6.04 Å². The van der Waals surface area contributed by atoms with Crippen molar-refractivity contribution in [2.24, 2.45) is 0 Å². The van der Waals surface area contributed by atoms with Gasteiger partial charge in [0, 0.05) is 25.8 Å². The van der Waals surface area contributed by atoms with Crippen LogP contribution in [0.1, 0.15) is 36.4 Å². The lowest BCUT2D eigenvalue weighted by Crippen LogP contribution is -2.37. The molecule has 0 aromatic heterocycles. The van der Waals surface area contributed by atoms with Crippen molar-refractivity contribution in [3.8, 4) is 5.75 Å². The summed E-state index contributed by atoms with van der Waals surface area (Å²) in [5.41, 5.74) is 3.18. The Hall–Kier alpha value is -2.09. The molecule has 2 heterocycles. The van der Waals surface area contributed by atoms with E-state index in [1.807, 2.05) is 43.4 Å². The summed E-state index contributed by atoms with van der Waals surface area (Å²) in [4.78, 5) is 4.80. The lowest BCUT2D eigenvalue weighted by atomic mass is 10.0. The first-order chi connectivity index (χ1) is 14.5. The SMILES string of the molecule is COc1ccc([C@@H](CN2CCCC2)NS(=O)(=O)c2ccc3c(c2)N(C)CCC3)cc1. The molecule has 4 rings (SSSR count). The van der Waals surface area contributed by atoms with Crippen LogP contribution in [0.2, 0.25) is 0 Å². The lowest BCUT2D eigenvalue weighted by molar-refractivity contribution is 0.307. The first-order valence-corrected chi connectivity index (χ1v) is 12.2. The molecule has 7 heteroatoms. The standard InChI is InChI=1S/C23H31N3O3S/c1-25-13-5-6-19-9-12-21(16-23(19)25)30(27,28)24-22(17-26-14-3-4-15-26)18-7-10-20(29-2)11-8-18/h7-12,16,22,24H,3-6,13-15,17H2,1-2H3/t22-/m1/s1. The molecule has 0 saturated carbocycles. The van der Waals surface area contributed by atoms with E-state index in [1.54, 1.807) is 13.2 Å². The summed E-state index contributed by atoms with van der Waals surface area (Å²) in [7, 11) is -0.00182. The van der Waals surface area contributed by atoms with Crippen LogP contribution in [-0.4, -0.2) is 53.7 Å². The summed E-state index contributed by atoms with van der Waals surface area (Å²) in [6.45, 7) is 3.64. The van der Waals surface area contributed by atoms with E-state index in [2.05, 4.69) is 14.5 Å². The molecule has 0 bridgehead atoms. The molecule has 2 aliphatic heterocycles. The Morgan fingerprint density at radius 3 is 2.47 bits per heavy atom. The number of aryl methyl sites for hydroxylation is 1. The number of hydrogen-bond donors (Lipinski definition) is 1. The Labute approximate surface area is 179 Å². The molecule has 1 saturated heterocycles. The molecule has 0 radical (unpaired) electrons. The third-order valence-electron chi connectivity index (χ3n) is 6.17. The van der Waals surface area contributed by atoms with Gasteiger partial charge in [-0.2, -0.15) is 0 Å². The number of hydrogen-bond acceptors (Lipinski definition) is 5. The van der Waals surface area contributed by atoms with Gasteiger partial charge in [0.15, 0.2) is 0 Å². The van der Waals surface area contributed by atoms with Gasteiger partial charge in [0.05, 0.1) is 18.0 Å². The Kier molecular flexibility index (Phi) is 6.32. The Bertz CT molecular complexity index is 970. The molecule has 6 nitrogen and oxygen atoms in total. The zero-order chi connectivity index (χ0) is 21.1. The van der Waals surface area contributed by atoms with Crippen molar-refractivity contribution in [2.75, 3.05) is 45.2 Å². The highest BCUT2D eigenvalue weighted by Crippen LogP contribution is 2.30. The smallest absolute Gasteiger partial charge is 0.241 e. The number of anilines is 1. The second-order valence-corrected chi connectivity index (χ2v) is 9.98. The highest BCUT2D eigenvalue weighted by molar-refractivity contribution is 7.89. The lowest BCUT2D eigenvalue weighted by Gasteiger charge is -2.28. The minimum absolute atomic E-state index is 0.312. The van der Waals surface area contributed by atoms with E-state index in [0.29, 0.717) is 11.4 Å². The average Bonchev–Trinajstić information content (AvgIpc) is 3.26. The number of rotatable bonds is 7. The van der Waals surface area contributed by atoms with Crippen molar-refractivity contribution in [1.29, 1.82) is 0 Å². The van der Waals surface area contributed by atoms with E-state index >= 15 is 0 Å². The zero-order valence-corrected chi connectivity index (χ0v) is 18.6. The van der Waals surface area contributed by atoms with E-state index in [0.717, 1.165) is 49.5 Å². The Balaban J connectivity index is 1.61. The van der Waals surface area contributed by atoms with Crippen LogP contribution in [0, 0.1) is 0 Å². The van der Waals surface area contributed by atoms with Crippen molar-refractivity contribution in [1.82, 2.24) is 9.62 Å². The minimum atomic E-state index is -3.66. The number of benzene rings is 2. The summed E-state index contributed by atoms with van der Waals surface area (Å²) in [6, 6.07) is 12.9. The third-order valence-corrected chi connectivity index (χ3v) is 7.64. The van der Waals surface area contributed by atoms with Gasteiger partial charge < -0.3 is 14.5 Å². The number of nitrogens with zero attached hydrogens (tertiary/aromatic N) is 2. The number of sulfonamides is 1. The van der Waals surface area contributed by atoms with Gasteiger partial charge in [-0.1, -0.05) is 18.2 Å². The Morgan fingerprint density at radius 2 is 1.77 bits per heavy atom. The van der Waals surface area contributed by atoms with Crippen LogP contribution in [-0.2, 0) is 16.4 Å². The average molecular weight is 430 g/mol. The Morgan fingerprint density at radius 1 is 1.03 bits per heavy atom. The molecular weight excluding hydrogens is 398 g/mol. The first-order valence-electron chi connectivity index (χ1n) is 10.7. The zero-order valence-electron chi connectivity index (χ0n) is 17.8. The van der Waals surface area contributed by atoms with E-state index in [9.17, 15) is 8.42 Å². The summed E-state index contributed by atoms with van der Waals surface area (Å²) >= 11 is 0. The maximum Gasteiger partial charge on any atom is 0.241 e. The monoisotopic (exact) mass is 429 g/mol. The second kappa shape index (κ2) is 8.96. The largest absolute Gasteiger partial charge is 0.497 e. The van der Waals surface area contributed by atoms with Crippen molar-refractivity contribution in [2.45, 2.75) is 36.6 Å². The summed E-state index contributed by atoms with van der Waals surface area (Å²) in [5, 5.41) is 0. The summed E-state index contributed by atoms with van der Waals surface area (Å²) in [5.74, 6) is 0.763. The molecule has 0 aliphatic carbocycles. The van der Waals surface area contributed by atoms with Gasteiger partial charge >= 0.3 is 0 Å². The molecule has 2 aromatic carbocycles. The molecule has 0 amide bonds. The van der Waals surface area contributed by atoms with Gasteiger partial charge in [-0.15, -0.1) is 0 Å². The summed E-state index contributed by atoms with van der Waals surface area (Å²) < 4.78 is 34.9. The molecule has 1 atom stereocenters. The van der Waals surface area contributed by atoms with E-state index in [4.69, 9.17) is 4.74 Å². The van der Waals surface area contributed by atoms with E-state index < -0.39 is 10.0 Å². The number of likely N-dealkylation sites (tertiary alicyclic amines) is 1. The van der Waals surface area contributed by atoms with Crippen LogP contribution in [0.25, 0.3) is 0 Å². The van der Waals surface area contributed by atoms with Crippen LogP contribution < -0.4 is 14.4 Å². The van der Waals surface area contributed by atoms with Gasteiger partial charge in [-0.05, 0) is 74.2 Å². The van der Waals surface area contributed by atoms with Gasteiger partial charge in [0.25, 0.3) is 0 Å². The molecule has 1 fully saturated rings. The fourth-order valence-corrected chi connectivity index (χ4v) is 5.67.